The molecule has 2 amide bonds. The van der Waals surface area contributed by atoms with Gasteiger partial charge in [-0.2, -0.15) is 13.2 Å². The van der Waals surface area contributed by atoms with Crippen LogP contribution in [0.2, 0.25) is 10.0 Å². The second-order valence-corrected chi connectivity index (χ2v) is 14.5. The Labute approximate surface area is 293 Å². The number of halogens is 5. The molecule has 0 bridgehead atoms. The molecule has 13 heteroatoms. The van der Waals surface area contributed by atoms with E-state index < -0.39 is 46.2 Å². The molecule has 0 aromatic heterocycles. The molecule has 1 saturated carbocycles. The third kappa shape index (κ3) is 8.95. The Balaban J connectivity index is 1.62. The molecular formula is C36H34Cl2F3N3O4S. The van der Waals surface area contributed by atoms with E-state index in [1.807, 2.05) is 6.07 Å². The van der Waals surface area contributed by atoms with Crippen molar-refractivity contribution in [2.75, 3.05) is 10.8 Å². The summed E-state index contributed by atoms with van der Waals surface area (Å²) in [4.78, 5) is 29.7. The zero-order valence-corrected chi connectivity index (χ0v) is 28.6. The zero-order chi connectivity index (χ0) is 35.2. The van der Waals surface area contributed by atoms with Crippen LogP contribution < -0.4 is 9.62 Å². The first-order valence-corrected chi connectivity index (χ1v) is 17.9. The monoisotopic (exact) mass is 731 g/mol. The molecule has 0 spiro atoms. The molecule has 1 fully saturated rings. The van der Waals surface area contributed by atoms with Crippen LogP contribution in [0.15, 0.2) is 108 Å². The highest BCUT2D eigenvalue weighted by atomic mass is 35.5. The Kier molecular flexibility index (Phi) is 11.6. The average molecular weight is 733 g/mol. The minimum atomic E-state index is -4.78. The summed E-state index contributed by atoms with van der Waals surface area (Å²) < 4.78 is 70.3. The van der Waals surface area contributed by atoms with Gasteiger partial charge in [0.25, 0.3) is 10.0 Å². The zero-order valence-electron chi connectivity index (χ0n) is 26.2. The first-order valence-electron chi connectivity index (χ1n) is 15.7. The topological polar surface area (TPSA) is 86.8 Å². The first-order chi connectivity index (χ1) is 23.3. The number of carbonyl (C=O) groups excluding carboxylic acids is 2. The molecule has 258 valence electrons. The molecule has 0 saturated heterocycles. The van der Waals surface area contributed by atoms with Crippen molar-refractivity contribution in [3.63, 3.8) is 0 Å². The van der Waals surface area contributed by atoms with Crippen molar-refractivity contribution in [2.24, 2.45) is 0 Å². The fourth-order valence-corrected chi connectivity index (χ4v) is 7.81. The van der Waals surface area contributed by atoms with Crippen LogP contribution in [0.3, 0.4) is 0 Å². The quantitative estimate of drug-likeness (QED) is 0.161. The molecule has 0 heterocycles. The van der Waals surface area contributed by atoms with Gasteiger partial charge in [0.1, 0.15) is 12.6 Å². The summed E-state index contributed by atoms with van der Waals surface area (Å²) in [5, 5.41) is 3.49. The van der Waals surface area contributed by atoms with E-state index in [0.29, 0.717) is 15.9 Å². The molecule has 1 unspecified atom stereocenters. The number of nitrogens with one attached hydrogen (secondary N) is 1. The Morgan fingerprint density at radius 1 is 0.837 bits per heavy atom. The van der Waals surface area contributed by atoms with Crippen molar-refractivity contribution in [1.29, 1.82) is 0 Å². The van der Waals surface area contributed by atoms with Gasteiger partial charge in [-0.25, -0.2) is 8.42 Å². The van der Waals surface area contributed by atoms with Crippen LogP contribution in [0.1, 0.15) is 42.4 Å². The van der Waals surface area contributed by atoms with Gasteiger partial charge in [0.05, 0.1) is 16.1 Å². The highest BCUT2D eigenvalue weighted by Crippen LogP contribution is 2.34. The van der Waals surface area contributed by atoms with Crippen molar-refractivity contribution in [2.45, 2.75) is 61.8 Å². The molecular weight excluding hydrogens is 698 g/mol. The fraction of sp³-hybridized carbons (Fsp3) is 0.278. The van der Waals surface area contributed by atoms with Crippen LogP contribution in [0.4, 0.5) is 18.9 Å². The van der Waals surface area contributed by atoms with Crippen molar-refractivity contribution >= 4 is 50.7 Å². The number of nitrogens with zero attached hydrogens (tertiary/aromatic N) is 2. The number of amides is 2. The van der Waals surface area contributed by atoms with E-state index in [1.54, 1.807) is 48.5 Å². The van der Waals surface area contributed by atoms with Gasteiger partial charge in [-0.1, -0.05) is 96.7 Å². The number of hydrogen-bond donors (Lipinski definition) is 1. The molecule has 0 radical (unpaired) electrons. The lowest BCUT2D eigenvalue weighted by molar-refractivity contribution is -0.140. The predicted molar refractivity (Wildman–Crippen MR) is 184 cm³/mol. The minimum Gasteiger partial charge on any atom is -0.352 e. The summed E-state index contributed by atoms with van der Waals surface area (Å²) in [6.45, 7) is -1.21. The first kappa shape index (κ1) is 36.2. The van der Waals surface area contributed by atoms with E-state index in [1.165, 1.54) is 35.2 Å². The van der Waals surface area contributed by atoms with E-state index in [-0.39, 0.29) is 39.6 Å². The number of hydrogen-bond acceptors (Lipinski definition) is 4. The van der Waals surface area contributed by atoms with Crippen molar-refractivity contribution in [1.82, 2.24) is 10.2 Å². The van der Waals surface area contributed by atoms with E-state index in [9.17, 15) is 31.2 Å². The lowest BCUT2D eigenvalue weighted by atomic mass is 10.0. The van der Waals surface area contributed by atoms with Gasteiger partial charge in [-0.05, 0) is 60.9 Å². The van der Waals surface area contributed by atoms with Gasteiger partial charge < -0.3 is 10.2 Å². The van der Waals surface area contributed by atoms with E-state index in [0.717, 1.165) is 43.4 Å². The number of alkyl halides is 3. The summed E-state index contributed by atoms with van der Waals surface area (Å²) in [6, 6.07) is 23.3. The maximum atomic E-state index is 14.6. The summed E-state index contributed by atoms with van der Waals surface area (Å²) in [7, 11) is -4.59. The van der Waals surface area contributed by atoms with Crippen LogP contribution in [-0.2, 0) is 38.8 Å². The van der Waals surface area contributed by atoms with Crippen LogP contribution in [-0.4, -0.2) is 43.8 Å². The standard InChI is InChI=1S/C36H34Cl2F3N3O4S/c37-31-19-10-20-32(38)30(31)23-43(33(21-25-11-3-1-4-12-25)35(46)42-27-14-7-8-15-27)34(45)24-44(49(47,48)29-17-5-2-6-18-29)28-16-9-13-26(22-28)36(39,40)41/h1-6,9-13,16-20,22,27,33H,7-8,14-15,21,23-24H2,(H,42,46). The van der Waals surface area contributed by atoms with Gasteiger partial charge in [-0.3, -0.25) is 13.9 Å². The Morgan fingerprint density at radius 3 is 2.04 bits per heavy atom. The molecule has 7 nitrogen and oxygen atoms in total. The normalized spacial score (nSPS) is 14.3. The molecule has 5 rings (SSSR count). The number of anilines is 1. The molecule has 4 aromatic carbocycles. The molecule has 1 atom stereocenters. The second kappa shape index (κ2) is 15.7. The van der Waals surface area contributed by atoms with Gasteiger partial charge in [0.2, 0.25) is 11.8 Å². The summed E-state index contributed by atoms with van der Waals surface area (Å²) >= 11 is 13.1. The molecule has 1 aliphatic carbocycles. The second-order valence-electron chi connectivity index (χ2n) is 11.8. The van der Waals surface area contributed by atoms with Crippen LogP contribution in [0, 0.1) is 0 Å². The smallest absolute Gasteiger partial charge is 0.352 e. The maximum absolute atomic E-state index is 14.6. The summed E-state index contributed by atoms with van der Waals surface area (Å²) in [5.41, 5.74) is -0.424. The van der Waals surface area contributed by atoms with E-state index >= 15 is 0 Å². The summed E-state index contributed by atoms with van der Waals surface area (Å²) in [5.74, 6) is -1.31. The third-order valence-corrected chi connectivity index (χ3v) is 10.9. The molecule has 4 aromatic rings. The lowest BCUT2D eigenvalue weighted by Crippen LogP contribution is -2.54. The highest BCUT2D eigenvalue weighted by Gasteiger charge is 2.37. The molecule has 0 aliphatic heterocycles. The van der Waals surface area contributed by atoms with Crippen LogP contribution in [0.25, 0.3) is 0 Å². The van der Waals surface area contributed by atoms with Gasteiger partial charge in [-0.15, -0.1) is 0 Å². The lowest BCUT2D eigenvalue weighted by Gasteiger charge is -2.34. The van der Waals surface area contributed by atoms with Crippen molar-refractivity contribution in [3.8, 4) is 0 Å². The maximum Gasteiger partial charge on any atom is 0.416 e. The number of carbonyl (C=O) groups is 2. The Bertz CT molecular complexity index is 1850. The molecule has 1 N–H and O–H groups in total. The predicted octanol–water partition coefficient (Wildman–Crippen LogP) is 7.91. The highest BCUT2D eigenvalue weighted by molar-refractivity contribution is 7.92. The SMILES string of the molecule is O=C(NC1CCCC1)C(Cc1ccccc1)N(Cc1c(Cl)cccc1Cl)C(=O)CN(c1cccc(C(F)(F)F)c1)S(=O)(=O)c1ccccc1. The summed E-state index contributed by atoms with van der Waals surface area (Å²) in [6.07, 6.45) is -1.30. The van der Waals surface area contributed by atoms with Crippen LogP contribution in [0.5, 0.6) is 0 Å². The van der Waals surface area contributed by atoms with Crippen LogP contribution >= 0.6 is 23.2 Å². The van der Waals surface area contributed by atoms with Crippen molar-refractivity contribution < 1.29 is 31.2 Å². The van der Waals surface area contributed by atoms with Crippen molar-refractivity contribution in [3.05, 3.63) is 130 Å². The average Bonchev–Trinajstić information content (AvgIpc) is 3.60. The largest absolute Gasteiger partial charge is 0.416 e. The molecule has 1 aliphatic rings. The number of benzene rings is 4. The fourth-order valence-electron chi connectivity index (χ4n) is 5.86. The number of rotatable bonds is 12. The van der Waals surface area contributed by atoms with Gasteiger partial charge >= 0.3 is 6.18 Å². The number of sulfonamides is 1. The van der Waals surface area contributed by atoms with E-state index in [4.69, 9.17) is 23.2 Å². The third-order valence-electron chi connectivity index (χ3n) is 8.43. The van der Waals surface area contributed by atoms with Gasteiger partial charge in [0, 0.05) is 34.6 Å². The Hall–Kier alpha value is -4.06. The van der Waals surface area contributed by atoms with Gasteiger partial charge in [0.15, 0.2) is 0 Å². The minimum absolute atomic E-state index is 0.0577. The molecule has 49 heavy (non-hydrogen) atoms. The van der Waals surface area contributed by atoms with E-state index in [2.05, 4.69) is 5.32 Å². The Morgan fingerprint density at radius 2 is 1.43 bits per heavy atom.